The van der Waals surface area contributed by atoms with Crippen molar-refractivity contribution in [3.05, 3.63) is 0 Å². The van der Waals surface area contributed by atoms with Crippen molar-refractivity contribution in [3.8, 4) is 0 Å². The molecule has 0 spiro atoms. The first-order valence-corrected chi connectivity index (χ1v) is 6.18. The molecular formula is C9H17ClN2OS. The Bertz CT molecular complexity index is 203. The van der Waals surface area contributed by atoms with Gasteiger partial charge in [0.2, 0.25) is 5.91 Å². The summed E-state index contributed by atoms with van der Waals surface area (Å²) in [7, 11) is 0. The van der Waals surface area contributed by atoms with Crippen LogP contribution < -0.4 is 5.32 Å². The lowest BCUT2D eigenvalue weighted by molar-refractivity contribution is -0.127. The second kappa shape index (κ2) is 5.24. The highest BCUT2D eigenvalue weighted by Gasteiger charge is 2.37. The van der Waals surface area contributed by atoms with Crippen molar-refractivity contribution >= 4 is 30.1 Å². The Morgan fingerprint density at radius 1 is 1.43 bits per heavy atom. The van der Waals surface area contributed by atoms with E-state index in [-0.39, 0.29) is 12.4 Å². The Morgan fingerprint density at radius 3 is 2.50 bits per heavy atom. The van der Waals surface area contributed by atoms with Gasteiger partial charge >= 0.3 is 0 Å². The highest BCUT2D eigenvalue weighted by atomic mass is 35.5. The monoisotopic (exact) mass is 236 g/mol. The number of halogens is 1. The average Bonchev–Trinajstić information content (AvgIpc) is 2.61. The van der Waals surface area contributed by atoms with Crippen LogP contribution in [0.3, 0.4) is 0 Å². The third-order valence-electron chi connectivity index (χ3n) is 3.01. The summed E-state index contributed by atoms with van der Waals surface area (Å²) < 4.78 is 0. The number of nitrogens with one attached hydrogen (secondary N) is 1. The summed E-state index contributed by atoms with van der Waals surface area (Å²) in [6.07, 6.45) is 1.98. The number of carbonyl (C=O) groups excluding carboxylic acids is 1. The first-order valence-electron chi connectivity index (χ1n) is 4.78. The van der Waals surface area contributed by atoms with Crippen LogP contribution in [0.2, 0.25) is 0 Å². The van der Waals surface area contributed by atoms with Gasteiger partial charge in [-0.2, -0.15) is 11.8 Å². The molecule has 0 aliphatic carbocycles. The number of thioether (sulfide) groups is 1. The zero-order valence-electron chi connectivity index (χ0n) is 8.36. The topological polar surface area (TPSA) is 32.3 Å². The van der Waals surface area contributed by atoms with Crippen molar-refractivity contribution in [1.29, 1.82) is 0 Å². The molecule has 2 atom stereocenters. The molecule has 14 heavy (non-hydrogen) atoms. The fraction of sp³-hybridized carbons (Fsp3) is 0.889. The lowest BCUT2D eigenvalue weighted by Crippen LogP contribution is -2.33. The quantitative estimate of drug-likeness (QED) is 0.756. The molecule has 0 bridgehead atoms. The van der Waals surface area contributed by atoms with Crippen molar-refractivity contribution in [2.45, 2.75) is 0 Å². The highest BCUT2D eigenvalue weighted by Crippen LogP contribution is 2.26. The second-order valence-corrected chi connectivity index (χ2v) is 4.78. The Morgan fingerprint density at radius 2 is 2.00 bits per heavy atom. The molecule has 0 aromatic carbocycles. The summed E-state index contributed by atoms with van der Waals surface area (Å²) in [6.45, 7) is 4.18. The molecule has 3 nitrogen and oxygen atoms in total. The van der Waals surface area contributed by atoms with Gasteiger partial charge in [0.1, 0.15) is 0 Å². The van der Waals surface area contributed by atoms with Gasteiger partial charge in [-0.1, -0.05) is 0 Å². The zero-order chi connectivity index (χ0) is 9.26. The highest BCUT2D eigenvalue weighted by molar-refractivity contribution is 7.99. The van der Waals surface area contributed by atoms with Gasteiger partial charge in [-0.05, 0) is 18.1 Å². The van der Waals surface area contributed by atoms with E-state index in [0.717, 1.165) is 38.0 Å². The smallest absolute Gasteiger partial charge is 0.232 e. The predicted octanol–water partition coefficient (Wildman–Crippen LogP) is 0.449. The van der Waals surface area contributed by atoms with Crippen LogP contribution in [0.1, 0.15) is 0 Å². The Labute approximate surface area is 95.4 Å². The minimum atomic E-state index is 0. The molecule has 0 aromatic heterocycles. The van der Waals surface area contributed by atoms with Crippen molar-refractivity contribution in [2.75, 3.05) is 38.2 Å². The van der Waals surface area contributed by atoms with E-state index >= 15 is 0 Å². The summed E-state index contributed by atoms with van der Waals surface area (Å²) in [5, 5.41) is 3.37. The molecule has 2 aliphatic rings. The van der Waals surface area contributed by atoms with Gasteiger partial charge in [-0.3, -0.25) is 4.79 Å². The number of likely N-dealkylation sites (tertiary alicyclic amines) is 1. The summed E-state index contributed by atoms with van der Waals surface area (Å²) in [6, 6.07) is 0. The van der Waals surface area contributed by atoms with Crippen LogP contribution >= 0.6 is 24.2 Å². The van der Waals surface area contributed by atoms with Crippen molar-refractivity contribution < 1.29 is 4.79 Å². The van der Waals surface area contributed by atoms with Crippen molar-refractivity contribution in [3.63, 3.8) is 0 Å². The van der Waals surface area contributed by atoms with Gasteiger partial charge in [0.15, 0.2) is 0 Å². The van der Waals surface area contributed by atoms with E-state index in [2.05, 4.69) is 5.32 Å². The molecule has 2 heterocycles. The molecule has 0 saturated carbocycles. The average molecular weight is 237 g/mol. The fourth-order valence-electron chi connectivity index (χ4n) is 2.27. The molecule has 2 fully saturated rings. The first kappa shape index (κ1) is 12.1. The summed E-state index contributed by atoms with van der Waals surface area (Å²) in [5.74, 6) is 2.42. The summed E-state index contributed by atoms with van der Waals surface area (Å²) >= 11 is 1.62. The number of nitrogens with zero attached hydrogens (tertiary/aromatic N) is 1. The number of hydrogen-bond donors (Lipinski definition) is 1. The predicted molar refractivity (Wildman–Crippen MR) is 62.1 cm³/mol. The maximum absolute atomic E-state index is 11.6. The molecule has 0 radical (unpaired) electrons. The van der Waals surface area contributed by atoms with Crippen LogP contribution in [0, 0.1) is 11.8 Å². The number of carbonyl (C=O) groups is 1. The van der Waals surface area contributed by atoms with E-state index < -0.39 is 0 Å². The Kier molecular flexibility index (Phi) is 4.54. The molecule has 1 amide bonds. The van der Waals surface area contributed by atoms with Gasteiger partial charge in [-0.25, -0.2) is 0 Å². The lowest BCUT2D eigenvalue weighted by Gasteiger charge is -2.16. The summed E-state index contributed by atoms with van der Waals surface area (Å²) in [4.78, 5) is 13.6. The SMILES string of the molecule is CSCC(=O)N1C[C@H]2CNC[C@H]2C1.Cl. The van der Waals surface area contributed by atoms with Crippen molar-refractivity contribution in [2.24, 2.45) is 11.8 Å². The maximum Gasteiger partial charge on any atom is 0.232 e. The van der Waals surface area contributed by atoms with Gasteiger partial charge in [0.25, 0.3) is 0 Å². The molecular weight excluding hydrogens is 220 g/mol. The molecule has 2 rings (SSSR count). The molecule has 2 aliphatic heterocycles. The van der Waals surface area contributed by atoms with Crippen LogP contribution in [0.15, 0.2) is 0 Å². The molecule has 5 heteroatoms. The number of hydrogen-bond acceptors (Lipinski definition) is 3. The Balaban J connectivity index is 0.000000980. The van der Waals surface area contributed by atoms with Gasteiger partial charge < -0.3 is 10.2 Å². The first-order chi connectivity index (χ1) is 6.31. The van der Waals surface area contributed by atoms with E-state index in [1.165, 1.54) is 0 Å². The third kappa shape index (κ3) is 2.35. The maximum atomic E-state index is 11.6. The van der Waals surface area contributed by atoms with Crippen LogP contribution in [0.4, 0.5) is 0 Å². The molecule has 82 valence electrons. The van der Waals surface area contributed by atoms with Crippen LogP contribution in [-0.4, -0.2) is 49.0 Å². The number of rotatable bonds is 2. The van der Waals surface area contributed by atoms with Gasteiger partial charge in [0, 0.05) is 26.2 Å². The minimum absolute atomic E-state index is 0. The van der Waals surface area contributed by atoms with E-state index in [9.17, 15) is 4.79 Å². The fourth-order valence-corrected chi connectivity index (χ4v) is 2.70. The largest absolute Gasteiger partial charge is 0.341 e. The van der Waals surface area contributed by atoms with Crippen molar-refractivity contribution in [1.82, 2.24) is 10.2 Å². The standard InChI is InChI=1S/C9H16N2OS.ClH/c1-13-6-9(12)11-4-7-2-10-3-8(7)5-11;/h7-8,10H,2-6H2,1H3;1H/t7-,8+;. The third-order valence-corrected chi connectivity index (χ3v) is 3.55. The van der Waals surface area contributed by atoms with Crippen LogP contribution in [0.5, 0.6) is 0 Å². The minimum Gasteiger partial charge on any atom is -0.341 e. The molecule has 0 aromatic rings. The van der Waals surface area contributed by atoms with E-state index in [4.69, 9.17) is 0 Å². The lowest BCUT2D eigenvalue weighted by atomic mass is 10.0. The summed E-state index contributed by atoms with van der Waals surface area (Å²) in [5.41, 5.74) is 0. The van der Waals surface area contributed by atoms with E-state index in [1.807, 2.05) is 11.2 Å². The molecule has 2 saturated heterocycles. The van der Waals surface area contributed by atoms with Crippen LogP contribution in [-0.2, 0) is 4.79 Å². The molecule has 0 unspecified atom stereocenters. The number of amides is 1. The van der Waals surface area contributed by atoms with E-state index in [1.54, 1.807) is 11.8 Å². The Hall–Kier alpha value is 0.0700. The van der Waals surface area contributed by atoms with Crippen LogP contribution in [0.25, 0.3) is 0 Å². The van der Waals surface area contributed by atoms with E-state index in [0.29, 0.717) is 11.7 Å². The normalized spacial score (nSPS) is 29.9. The van der Waals surface area contributed by atoms with Gasteiger partial charge in [0.05, 0.1) is 5.75 Å². The molecule has 1 N–H and O–H groups in total. The zero-order valence-corrected chi connectivity index (χ0v) is 10.00. The van der Waals surface area contributed by atoms with Gasteiger partial charge in [-0.15, -0.1) is 12.4 Å². The number of fused-ring (bicyclic) bond motifs is 1. The second-order valence-electron chi connectivity index (χ2n) is 3.91.